The number of halogens is 1. The van der Waals surface area contributed by atoms with Crippen LogP contribution in [0.25, 0.3) is 0 Å². The molecule has 0 aliphatic carbocycles. The first-order chi connectivity index (χ1) is 6.11. The van der Waals surface area contributed by atoms with Crippen molar-refractivity contribution in [2.75, 3.05) is 12.0 Å². The Bertz CT molecular complexity index is 185. The Morgan fingerprint density at radius 1 is 1.38 bits per heavy atom. The zero-order valence-electron chi connectivity index (χ0n) is 7.89. The highest BCUT2D eigenvalue weighted by Gasteiger charge is 2.08. The van der Waals surface area contributed by atoms with E-state index >= 15 is 0 Å². The van der Waals surface area contributed by atoms with Gasteiger partial charge in [0.05, 0.1) is 12.0 Å². The zero-order chi connectivity index (χ0) is 10.3. The van der Waals surface area contributed by atoms with Gasteiger partial charge < -0.3 is 10.6 Å². The van der Waals surface area contributed by atoms with Crippen LogP contribution in [0.15, 0.2) is 0 Å². The maximum Gasteiger partial charge on any atom is 0.232 e. The highest BCUT2D eigenvalue weighted by atomic mass is 79.9. The summed E-state index contributed by atoms with van der Waals surface area (Å²) in [6, 6.07) is 0. The minimum atomic E-state index is -0.135. The number of rotatable bonds is 5. The van der Waals surface area contributed by atoms with Gasteiger partial charge in [-0.1, -0.05) is 29.8 Å². The van der Waals surface area contributed by atoms with Crippen molar-refractivity contribution in [1.82, 2.24) is 10.6 Å². The molecule has 76 valence electrons. The zero-order valence-corrected chi connectivity index (χ0v) is 9.48. The number of carbonyl (C=O) groups is 2. The summed E-state index contributed by atoms with van der Waals surface area (Å²) in [6.07, 6.45) is 0.804. The summed E-state index contributed by atoms with van der Waals surface area (Å²) in [5, 5.41) is 5.39. The molecule has 0 fully saturated rings. The van der Waals surface area contributed by atoms with Gasteiger partial charge in [-0.3, -0.25) is 9.59 Å². The summed E-state index contributed by atoms with van der Waals surface area (Å²) < 4.78 is 0. The Morgan fingerprint density at radius 2 is 2.00 bits per heavy atom. The molecule has 0 aliphatic heterocycles. The van der Waals surface area contributed by atoms with Crippen molar-refractivity contribution in [3.63, 3.8) is 0 Å². The first kappa shape index (κ1) is 12.4. The Balaban J connectivity index is 3.53. The smallest absolute Gasteiger partial charge is 0.232 e. The van der Waals surface area contributed by atoms with Crippen molar-refractivity contribution in [2.24, 2.45) is 5.92 Å². The van der Waals surface area contributed by atoms with E-state index < -0.39 is 0 Å². The van der Waals surface area contributed by atoms with Crippen molar-refractivity contribution >= 4 is 27.7 Å². The molecule has 5 heteroatoms. The Morgan fingerprint density at radius 3 is 2.46 bits per heavy atom. The molecular formula is C8H15BrN2O2. The summed E-state index contributed by atoms with van der Waals surface area (Å²) in [4.78, 5) is 21.9. The fourth-order valence-corrected chi connectivity index (χ4v) is 0.835. The lowest BCUT2D eigenvalue weighted by Gasteiger charge is -2.09. The number of alkyl halides is 1. The minimum Gasteiger partial charge on any atom is -0.338 e. The van der Waals surface area contributed by atoms with E-state index in [1.165, 1.54) is 0 Å². The lowest BCUT2D eigenvalue weighted by atomic mass is 10.1. The van der Waals surface area contributed by atoms with E-state index in [0.717, 1.165) is 6.42 Å². The molecular weight excluding hydrogens is 236 g/mol. The SMILES string of the molecule is CCC(C)C(=O)NCNC(=O)CBr. The van der Waals surface area contributed by atoms with Crippen LogP contribution in [0.3, 0.4) is 0 Å². The van der Waals surface area contributed by atoms with Gasteiger partial charge in [-0.15, -0.1) is 0 Å². The van der Waals surface area contributed by atoms with Crippen molar-refractivity contribution in [1.29, 1.82) is 0 Å². The molecule has 0 rings (SSSR count). The van der Waals surface area contributed by atoms with Crippen molar-refractivity contribution in [2.45, 2.75) is 20.3 Å². The van der Waals surface area contributed by atoms with Gasteiger partial charge in [0.1, 0.15) is 0 Å². The van der Waals surface area contributed by atoms with E-state index in [1.54, 1.807) is 0 Å². The number of hydrogen-bond donors (Lipinski definition) is 2. The molecule has 13 heavy (non-hydrogen) atoms. The molecule has 0 spiro atoms. The van der Waals surface area contributed by atoms with Gasteiger partial charge in [0.2, 0.25) is 11.8 Å². The number of hydrogen-bond acceptors (Lipinski definition) is 2. The lowest BCUT2D eigenvalue weighted by molar-refractivity contribution is -0.125. The topological polar surface area (TPSA) is 58.2 Å². The molecule has 0 heterocycles. The number of amides is 2. The third-order valence-corrected chi connectivity index (χ3v) is 2.24. The predicted molar refractivity (Wildman–Crippen MR) is 54.4 cm³/mol. The maximum absolute atomic E-state index is 11.2. The standard InChI is InChI=1S/C8H15BrN2O2/c1-3-6(2)8(13)11-5-10-7(12)4-9/h6H,3-5H2,1-2H3,(H,10,12)(H,11,13). The maximum atomic E-state index is 11.2. The summed E-state index contributed by atoms with van der Waals surface area (Å²) in [5.41, 5.74) is 0. The molecule has 0 aromatic rings. The minimum absolute atomic E-state index is 0.000808. The fraction of sp³-hybridized carbons (Fsp3) is 0.750. The Hall–Kier alpha value is -0.580. The monoisotopic (exact) mass is 250 g/mol. The van der Waals surface area contributed by atoms with Crippen molar-refractivity contribution in [3.05, 3.63) is 0 Å². The predicted octanol–water partition coefficient (Wildman–Crippen LogP) is 0.617. The molecule has 0 saturated carbocycles. The molecule has 0 aromatic heterocycles. The van der Waals surface area contributed by atoms with E-state index in [0.29, 0.717) is 0 Å². The molecule has 0 aliphatic rings. The molecule has 0 bridgehead atoms. The largest absolute Gasteiger partial charge is 0.338 e. The number of nitrogens with one attached hydrogen (secondary N) is 2. The average molecular weight is 251 g/mol. The molecule has 0 radical (unpaired) electrons. The van der Waals surface area contributed by atoms with Crippen LogP contribution in [0.2, 0.25) is 0 Å². The highest BCUT2D eigenvalue weighted by molar-refractivity contribution is 9.09. The molecule has 1 atom stereocenters. The number of carbonyl (C=O) groups excluding carboxylic acids is 2. The van der Waals surface area contributed by atoms with Gasteiger partial charge in [-0.05, 0) is 6.42 Å². The first-order valence-corrected chi connectivity index (χ1v) is 5.34. The third-order valence-electron chi connectivity index (χ3n) is 1.73. The molecule has 0 aromatic carbocycles. The second-order valence-corrected chi connectivity index (χ2v) is 3.32. The normalized spacial score (nSPS) is 11.9. The third kappa shape index (κ3) is 5.63. The molecule has 2 amide bonds. The van der Waals surface area contributed by atoms with Crippen molar-refractivity contribution in [3.8, 4) is 0 Å². The second kappa shape index (κ2) is 6.88. The van der Waals surface area contributed by atoms with Crippen LogP contribution >= 0.6 is 15.9 Å². The van der Waals surface area contributed by atoms with Gasteiger partial charge in [0.15, 0.2) is 0 Å². The molecule has 2 N–H and O–H groups in total. The molecule has 1 unspecified atom stereocenters. The first-order valence-electron chi connectivity index (χ1n) is 4.22. The molecule has 4 nitrogen and oxygen atoms in total. The fourth-order valence-electron chi connectivity index (χ4n) is 0.637. The summed E-state index contributed by atoms with van der Waals surface area (Å²) in [6.45, 7) is 4.00. The van der Waals surface area contributed by atoms with Gasteiger partial charge in [-0.25, -0.2) is 0 Å². The van der Waals surface area contributed by atoms with E-state index in [9.17, 15) is 9.59 Å². The van der Waals surface area contributed by atoms with Crippen LogP contribution in [-0.2, 0) is 9.59 Å². The van der Waals surface area contributed by atoms with Crippen LogP contribution in [0.1, 0.15) is 20.3 Å². The lowest BCUT2D eigenvalue weighted by Crippen LogP contribution is -2.39. The van der Waals surface area contributed by atoms with Crippen LogP contribution in [-0.4, -0.2) is 23.8 Å². The summed E-state index contributed by atoms with van der Waals surface area (Å²) in [7, 11) is 0. The second-order valence-electron chi connectivity index (χ2n) is 2.76. The average Bonchev–Trinajstić information content (AvgIpc) is 2.15. The van der Waals surface area contributed by atoms with Crippen LogP contribution in [0.4, 0.5) is 0 Å². The van der Waals surface area contributed by atoms with Gasteiger partial charge in [0.25, 0.3) is 0 Å². The Labute approximate surface area is 86.6 Å². The van der Waals surface area contributed by atoms with Crippen LogP contribution < -0.4 is 10.6 Å². The van der Waals surface area contributed by atoms with E-state index in [4.69, 9.17) is 0 Å². The van der Waals surface area contributed by atoms with Crippen LogP contribution in [0, 0.1) is 5.92 Å². The van der Waals surface area contributed by atoms with E-state index in [-0.39, 0.29) is 29.7 Å². The quantitative estimate of drug-likeness (QED) is 0.555. The molecule has 0 saturated heterocycles. The van der Waals surface area contributed by atoms with Gasteiger partial charge in [-0.2, -0.15) is 0 Å². The Kier molecular flexibility index (Phi) is 6.58. The van der Waals surface area contributed by atoms with E-state index in [2.05, 4.69) is 26.6 Å². The summed E-state index contributed by atoms with van der Waals surface area (Å²) >= 11 is 3.00. The highest BCUT2D eigenvalue weighted by Crippen LogP contribution is 1.98. The van der Waals surface area contributed by atoms with Crippen molar-refractivity contribution < 1.29 is 9.59 Å². The summed E-state index contributed by atoms with van der Waals surface area (Å²) in [5.74, 6) is -0.164. The van der Waals surface area contributed by atoms with Crippen LogP contribution in [0.5, 0.6) is 0 Å². The van der Waals surface area contributed by atoms with Gasteiger partial charge in [0, 0.05) is 5.92 Å². The van der Waals surface area contributed by atoms with E-state index in [1.807, 2.05) is 13.8 Å². The van der Waals surface area contributed by atoms with Gasteiger partial charge >= 0.3 is 0 Å².